The van der Waals surface area contributed by atoms with E-state index in [2.05, 4.69) is 29.6 Å². The van der Waals surface area contributed by atoms with Crippen molar-refractivity contribution in [2.24, 2.45) is 0 Å². The molecule has 0 spiro atoms. The van der Waals surface area contributed by atoms with Gasteiger partial charge in [0.25, 0.3) is 0 Å². The molecule has 0 fully saturated rings. The highest BCUT2D eigenvalue weighted by molar-refractivity contribution is 5.86. The minimum Gasteiger partial charge on any atom is -0.306 e. The Kier molecular flexibility index (Phi) is 3.98. The molecular weight excluding hydrogens is 261 g/mol. The first kappa shape index (κ1) is 13.8. The molecule has 0 aliphatic heterocycles. The molecule has 0 radical (unpaired) electrons. The van der Waals surface area contributed by atoms with Gasteiger partial charge in [-0.3, -0.25) is 0 Å². The van der Waals surface area contributed by atoms with Crippen molar-refractivity contribution >= 4 is 10.8 Å². The van der Waals surface area contributed by atoms with E-state index in [0.717, 1.165) is 17.5 Å². The molecule has 0 amide bonds. The van der Waals surface area contributed by atoms with Crippen molar-refractivity contribution in [2.45, 2.75) is 13.0 Å². The third-order valence-corrected chi connectivity index (χ3v) is 3.76. The zero-order valence-corrected chi connectivity index (χ0v) is 12.0. The lowest BCUT2D eigenvalue weighted by molar-refractivity contribution is 0.561. The topological polar surface area (TPSA) is 12.0 Å². The second kappa shape index (κ2) is 6.06. The quantitative estimate of drug-likeness (QED) is 0.731. The van der Waals surface area contributed by atoms with Crippen molar-refractivity contribution < 1.29 is 4.39 Å². The number of rotatable bonds is 4. The van der Waals surface area contributed by atoms with Crippen molar-refractivity contribution in [1.82, 2.24) is 5.32 Å². The highest BCUT2D eigenvalue weighted by Gasteiger charge is 2.18. The SMILES string of the molecule is CCNC(c1ccccc1F)c1cccc2ccccc12. The summed E-state index contributed by atoms with van der Waals surface area (Å²) in [5, 5.41) is 5.74. The van der Waals surface area contributed by atoms with E-state index in [1.165, 1.54) is 11.5 Å². The Hall–Kier alpha value is -2.19. The summed E-state index contributed by atoms with van der Waals surface area (Å²) in [5.41, 5.74) is 1.80. The second-order valence-electron chi connectivity index (χ2n) is 5.08. The van der Waals surface area contributed by atoms with E-state index in [0.29, 0.717) is 5.56 Å². The van der Waals surface area contributed by atoms with E-state index in [9.17, 15) is 4.39 Å². The molecule has 0 saturated heterocycles. The molecule has 1 N–H and O–H groups in total. The summed E-state index contributed by atoms with van der Waals surface area (Å²) < 4.78 is 14.2. The van der Waals surface area contributed by atoms with Crippen LogP contribution in [0.15, 0.2) is 66.7 Å². The molecule has 0 bridgehead atoms. The third-order valence-electron chi connectivity index (χ3n) is 3.76. The van der Waals surface area contributed by atoms with Gasteiger partial charge in [0.1, 0.15) is 5.82 Å². The normalized spacial score (nSPS) is 12.5. The smallest absolute Gasteiger partial charge is 0.128 e. The Morgan fingerprint density at radius 3 is 2.33 bits per heavy atom. The minimum atomic E-state index is -0.170. The molecule has 0 aliphatic carbocycles. The fourth-order valence-corrected chi connectivity index (χ4v) is 2.80. The highest BCUT2D eigenvalue weighted by Crippen LogP contribution is 2.30. The molecular formula is C19H18FN. The summed E-state index contributed by atoms with van der Waals surface area (Å²) in [5.74, 6) is -0.170. The van der Waals surface area contributed by atoms with Gasteiger partial charge in [-0.25, -0.2) is 4.39 Å². The Bertz CT molecular complexity index is 746. The predicted octanol–water partition coefficient (Wildman–Crippen LogP) is 4.68. The van der Waals surface area contributed by atoms with E-state index < -0.39 is 0 Å². The molecule has 3 rings (SSSR count). The van der Waals surface area contributed by atoms with Gasteiger partial charge in [0, 0.05) is 5.56 Å². The molecule has 0 saturated carbocycles. The summed E-state index contributed by atoms with van der Waals surface area (Å²) in [4.78, 5) is 0. The zero-order valence-electron chi connectivity index (χ0n) is 12.0. The van der Waals surface area contributed by atoms with Crippen LogP contribution in [0.1, 0.15) is 24.1 Å². The van der Waals surface area contributed by atoms with Crippen molar-refractivity contribution in [3.8, 4) is 0 Å². The summed E-state index contributed by atoms with van der Waals surface area (Å²) in [6.45, 7) is 2.82. The van der Waals surface area contributed by atoms with Crippen LogP contribution in [0.2, 0.25) is 0 Å². The number of benzene rings is 3. The average molecular weight is 279 g/mol. The maximum Gasteiger partial charge on any atom is 0.128 e. The average Bonchev–Trinajstić information content (AvgIpc) is 2.53. The largest absolute Gasteiger partial charge is 0.306 e. The van der Waals surface area contributed by atoms with Gasteiger partial charge in [-0.1, -0.05) is 67.6 Å². The number of nitrogens with one attached hydrogen (secondary N) is 1. The molecule has 2 heteroatoms. The highest BCUT2D eigenvalue weighted by atomic mass is 19.1. The molecule has 3 aromatic rings. The van der Waals surface area contributed by atoms with Crippen LogP contribution in [-0.4, -0.2) is 6.54 Å². The summed E-state index contributed by atoms with van der Waals surface area (Å²) in [7, 11) is 0. The summed E-state index contributed by atoms with van der Waals surface area (Å²) >= 11 is 0. The minimum absolute atomic E-state index is 0.137. The zero-order chi connectivity index (χ0) is 14.7. The number of hydrogen-bond acceptors (Lipinski definition) is 1. The van der Waals surface area contributed by atoms with Crippen molar-refractivity contribution in [2.75, 3.05) is 6.54 Å². The van der Waals surface area contributed by atoms with Gasteiger partial charge in [-0.2, -0.15) is 0 Å². The Morgan fingerprint density at radius 1 is 0.857 bits per heavy atom. The van der Waals surface area contributed by atoms with Gasteiger partial charge in [0.2, 0.25) is 0 Å². The number of halogens is 1. The maximum atomic E-state index is 14.2. The fourth-order valence-electron chi connectivity index (χ4n) is 2.80. The lowest BCUT2D eigenvalue weighted by Crippen LogP contribution is -2.23. The summed E-state index contributed by atoms with van der Waals surface area (Å²) in [6.07, 6.45) is 0. The first-order valence-corrected chi connectivity index (χ1v) is 7.26. The van der Waals surface area contributed by atoms with Crippen LogP contribution in [0.3, 0.4) is 0 Å². The lowest BCUT2D eigenvalue weighted by atomic mass is 9.93. The van der Waals surface area contributed by atoms with Crippen LogP contribution in [0.25, 0.3) is 10.8 Å². The van der Waals surface area contributed by atoms with E-state index in [1.54, 1.807) is 6.07 Å². The first-order chi connectivity index (χ1) is 10.3. The summed E-state index contributed by atoms with van der Waals surface area (Å²) in [6, 6.07) is 21.3. The van der Waals surface area contributed by atoms with Gasteiger partial charge in [0.15, 0.2) is 0 Å². The fraction of sp³-hybridized carbons (Fsp3) is 0.158. The van der Waals surface area contributed by atoms with Gasteiger partial charge in [-0.05, 0) is 28.9 Å². The van der Waals surface area contributed by atoms with Gasteiger partial charge < -0.3 is 5.32 Å². The van der Waals surface area contributed by atoms with Crippen LogP contribution in [-0.2, 0) is 0 Å². The Morgan fingerprint density at radius 2 is 1.52 bits per heavy atom. The maximum absolute atomic E-state index is 14.2. The number of hydrogen-bond donors (Lipinski definition) is 1. The molecule has 1 atom stereocenters. The molecule has 0 aliphatic rings. The lowest BCUT2D eigenvalue weighted by Gasteiger charge is -2.21. The van der Waals surface area contributed by atoms with Crippen LogP contribution < -0.4 is 5.32 Å². The molecule has 0 heterocycles. The Labute approximate surface area is 124 Å². The van der Waals surface area contributed by atoms with Crippen molar-refractivity contribution in [3.63, 3.8) is 0 Å². The van der Waals surface area contributed by atoms with Crippen LogP contribution >= 0.6 is 0 Å². The standard InChI is InChI=1S/C19H18FN/c1-2-21-19(17-11-5-6-13-18(17)20)16-12-7-9-14-8-3-4-10-15(14)16/h3-13,19,21H,2H2,1H3. The van der Waals surface area contributed by atoms with Gasteiger partial charge >= 0.3 is 0 Å². The molecule has 106 valence electrons. The molecule has 21 heavy (non-hydrogen) atoms. The third kappa shape index (κ3) is 2.67. The molecule has 3 aromatic carbocycles. The molecule has 1 nitrogen and oxygen atoms in total. The predicted molar refractivity (Wildman–Crippen MR) is 85.9 cm³/mol. The van der Waals surface area contributed by atoms with Gasteiger partial charge in [0.05, 0.1) is 6.04 Å². The van der Waals surface area contributed by atoms with E-state index in [1.807, 2.05) is 37.3 Å². The van der Waals surface area contributed by atoms with Crippen LogP contribution in [0.4, 0.5) is 4.39 Å². The first-order valence-electron chi connectivity index (χ1n) is 7.26. The molecule has 0 aromatic heterocycles. The second-order valence-corrected chi connectivity index (χ2v) is 5.08. The van der Waals surface area contributed by atoms with Gasteiger partial charge in [-0.15, -0.1) is 0 Å². The van der Waals surface area contributed by atoms with Crippen molar-refractivity contribution in [1.29, 1.82) is 0 Å². The van der Waals surface area contributed by atoms with Crippen LogP contribution in [0.5, 0.6) is 0 Å². The number of fused-ring (bicyclic) bond motifs is 1. The molecule has 1 unspecified atom stereocenters. The van der Waals surface area contributed by atoms with E-state index in [4.69, 9.17) is 0 Å². The van der Waals surface area contributed by atoms with Crippen LogP contribution in [0, 0.1) is 5.82 Å². The van der Waals surface area contributed by atoms with Crippen molar-refractivity contribution in [3.05, 3.63) is 83.7 Å². The van der Waals surface area contributed by atoms with E-state index >= 15 is 0 Å². The monoisotopic (exact) mass is 279 g/mol. The Balaban J connectivity index is 2.19. The van der Waals surface area contributed by atoms with E-state index in [-0.39, 0.29) is 11.9 Å².